The van der Waals surface area contributed by atoms with E-state index in [9.17, 15) is 4.79 Å². The smallest absolute Gasteiger partial charge is 0.222 e. The van der Waals surface area contributed by atoms with Crippen molar-refractivity contribution in [2.45, 2.75) is 45.4 Å². The van der Waals surface area contributed by atoms with Gasteiger partial charge >= 0.3 is 0 Å². The lowest BCUT2D eigenvalue weighted by atomic mass is 9.91. The summed E-state index contributed by atoms with van der Waals surface area (Å²) >= 11 is 0. The zero-order valence-electron chi connectivity index (χ0n) is 13.2. The Morgan fingerprint density at radius 1 is 1.57 bits per heavy atom. The molecule has 1 amide bonds. The molecule has 1 unspecified atom stereocenters. The maximum absolute atomic E-state index is 12.5. The molecule has 0 bridgehead atoms. The minimum Gasteiger partial charge on any atom is -0.342 e. The Morgan fingerprint density at radius 2 is 2.38 bits per heavy atom. The van der Waals surface area contributed by atoms with Crippen LogP contribution in [-0.4, -0.2) is 40.6 Å². The number of H-pyrrole nitrogens is 1. The first-order chi connectivity index (χ1) is 10.1. The molecule has 0 saturated carbocycles. The van der Waals surface area contributed by atoms with E-state index in [0.29, 0.717) is 30.7 Å². The van der Waals surface area contributed by atoms with Gasteiger partial charge < -0.3 is 10.6 Å². The highest BCUT2D eigenvalue weighted by atomic mass is 16.2. The molecule has 1 aromatic rings. The third kappa shape index (κ3) is 4.56. The van der Waals surface area contributed by atoms with Gasteiger partial charge in [-0.25, -0.2) is 0 Å². The van der Waals surface area contributed by atoms with Gasteiger partial charge in [-0.1, -0.05) is 13.8 Å². The Kier molecular flexibility index (Phi) is 5.79. The van der Waals surface area contributed by atoms with Crippen molar-refractivity contribution < 1.29 is 4.79 Å². The van der Waals surface area contributed by atoms with E-state index < -0.39 is 0 Å². The normalized spacial score (nSPS) is 20.8. The summed E-state index contributed by atoms with van der Waals surface area (Å²) in [5.74, 6) is 1.55. The monoisotopic (exact) mass is 292 g/mol. The number of nitrogens with two attached hydrogens (primary N) is 1. The summed E-state index contributed by atoms with van der Waals surface area (Å²) in [6, 6.07) is 2.01. The standard InChI is InChI=1S/C16H28N4O/c1-12(2)8-13(10-17)9-16(21)20-7-3-4-14(11-20)15-5-6-18-19-15/h5-6,12-14H,3-4,7-11,17H2,1-2H3,(H,18,19)/t13-,14?/m0/s1. The molecule has 2 rings (SSSR count). The lowest BCUT2D eigenvalue weighted by molar-refractivity contribution is -0.133. The first-order valence-electron chi connectivity index (χ1n) is 8.07. The van der Waals surface area contributed by atoms with Gasteiger partial charge in [-0.15, -0.1) is 0 Å². The van der Waals surface area contributed by atoms with E-state index in [4.69, 9.17) is 5.73 Å². The molecule has 0 aromatic carbocycles. The Balaban J connectivity index is 1.89. The Bertz CT molecular complexity index is 429. The van der Waals surface area contributed by atoms with Crippen molar-refractivity contribution >= 4 is 5.91 Å². The van der Waals surface area contributed by atoms with Crippen LogP contribution >= 0.6 is 0 Å². The van der Waals surface area contributed by atoms with Crippen LogP contribution < -0.4 is 5.73 Å². The van der Waals surface area contributed by atoms with Crippen molar-refractivity contribution in [1.82, 2.24) is 15.1 Å². The molecule has 0 aliphatic carbocycles. The number of amides is 1. The molecule has 5 nitrogen and oxygen atoms in total. The van der Waals surface area contributed by atoms with E-state index in [-0.39, 0.29) is 5.91 Å². The maximum Gasteiger partial charge on any atom is 0.222 e. The van der Waals surface area contributed by atoms with Gasteiger partial charge in [0, 0.05) is 37.3 Å². The average Bonchev–Trinajstić information content (AvgIpc) is 3.00. The molecule has 2 heterocycles. The lowest BCUT2D eigenvalue weighted by Gasteiger charge is -2.33. The quantitative estimate of drug-likeness (QED) is 0.843. The number of piperidine rings is 1. The fraction of sp³-hybridized carbons (Fsp3) is 0.750. The summed E-state index contributed by atoms with van der Waals surface area (Å²) in [5.41, 5.74) is 6.96. The van der Waals surface area contributed by atoms with E-state index in [0.717, 1.165) is 38.0 Å². The van der Waals surface area contributed by atoms with E-state index in [2.05, 4.69) is 24.0 Å². The number of nitrogens with zero attached hydrogens (tertiary/aromatic N) is 2. The number of nitrogens with one attached hydrogen (secondary N) is 1. The largest absolute Gasteiger partial charge is 0.342 e. The molecule has 1 aliphatic heterocycles. The van der Waals surface area contributed by atoms with Crippen LogP contribution in [0, 0.1) is 11.8 Å². The average molecular weight is 292 g/mol. The number of aromatic amines is 1. The van der Waals surface area contributed by atoms with Crippen molar-refractivity contribution in [3.8, 4) is 0 Å². The third-order valence-corrected chi connectivity index (χ3v) is 4.34. The van der Waals surface area contributed by atoms with Crippen molar-refractivity contribution in [2.75, 3.05) is 19.6 Å². The summed E-state index contributed by atoms with van der Waals surface area (Å²) < 4.78 is 0. The van der Waals surface area contributed by atoms with Gasteiger partial charge in [-0.3, -0.25) is 9.89 Å². The van der Waals surface area contributed by atoms with Crippen LogP contribution in [0.4, 0.5) is 0 Å². The molecular weight excluding hydrogens is 264 g/mol. The number of aromatic nitrogens is 2. The van der Waals surface area contributed by atoms with Gasteiger partial charge in [0.15, 0.2) is 0 Å². The van der Waals surface area contributed by atoms with Crippen molar-refractivity contribution in [3.63, 3.8) is 0 Å². The summed E-state index contributed by atoms with van der Waals surface area (Å²) in [6.07, 6.45) is 5.58. The molecule has 0 spiro atoms. The minimum absolute atomic E-state index is 0.260. The predicted molar refractivity (Wildman–Crippen MR) is 83.8 cm³/mol. The SMILES string of the molecule is CC(C)C[C@H](CN)CC(=O)N1CCCC(c2ccn[nH]2)C1. The first-order valence-corrected chi connectivity index (χ1v) is 8.07. The van der Waals surface area contributed by atoms with E-state index in [1.165, 1.54) is 0 Å². The molecule has 118 valence electrons. The van der Waals surface area contributed by atoms with Crippen LogP contribution in [0.2, 0.25) is 0 Å². The number of likely N-dealkylation sites (tertiary alicyclic amines) is 1. The molecule has 1 aromatic heterocycles. The number of hydrogen-bond acceptors (Lipinski definition) is 3. The highest BCUT2D eigenvalue weighted by Gasteiger charge is 2.26. The molecule has 1 saturated heterocycles. The van der Waals surface area contributed by atoms with Crippen LogP contribution in [0.5, 0.6) is 0 Å². The number of carbonyl (C=O) groups excluding carboxylic acids is 1. The predicted octanol–water partition coefficient (Wildman–Crippen LogP) is 2.13. The summed E-state index contributed by atoms with van der Waals surface area (Å²) in [5, 5.41) is 7.05. The second kappa shape index (κ2) is 7.59. The lowest BCUT2D eigenvalue weighted by Crippen LogP contribution is -2.40. The molecule has 0 radical (unpaired) electrons. The molecular formula is C16H28N4O. The number of rotatable bonds is 6. The second-order valence-corrected chi connectivity index (χ2v) is 6.63. The molecule has 1 fully saturated rings. The van der Waals surface area contributed by atoms with Crippen LogP contribution in [0.3, 0.4) is 0 Å². The Morgan fingerprint density at radius 3 is 3.00 bits per heavy atom. The van der Waals surface area contributed by atoms with Gasteiger partial charge in [-0.05, 0) is 43.7 Å². The molecule has 2 atom stereocenters. The van der Waals surface area contributed by atoms with Gasteiger partial charge in [0.25, 0.3) is 0 Å². The fourth-order valence-corrected chi connectivity index (χ4v) is 3.26. The molecule has 1 aliphatic rings. The molecule has 5 heteroatoms. The van der Waals surface area contributed by atoms with E-state index in [1.54, 1.807) is 6.20 Å². The van der Waals surface area contributed by atoms with Crippen LogP contribution in [0.25, 0.3) is 0 Å². The molecule has 21 heavy (non-hydrogen) atoms. The van der Waals surface area contributed by atoms with Gasteiger partial charge in [0.2, 0.25) is 5.91 Å². The summed E-state index contributed by atoms with van der Waals surface area (Å²) in [7, 11) is 0. The van der Waals surface area contributed by atoms with Crippen molar-refractivity contribution in [1.29, 1.82) is 0 Å². The van der Waals surface area contributed by atoms with E-state index >= 15 is 0 Å². The zero-order chi connectivity index (χ0) is 15.2. The fourth-order valence-electron chi connectivity index (χ4n) is 3.26. The Hall–Kier alpha value is -1.36. The van der Waals surface area contributed by atoms with Gasteiger partial charge in [0.05, 0.1) is 0 Å². The van der Waals surface area contributed by atoms with Gasteiger partial charge in [0.1, 0.15) is 0 Å². The zero-order valence-corrected chi connectivity index (χ0v) is 13.2. The molecule has 3 N–H and O–H groups in total. The topological polar surface area (TPSA) is 75.0 Å². The third-order valence-electron chi connectivity index (χ3n) is 4.34. The van der Waals surface area contributed by atoms with Crippen molar-refractivity contribution in [3.05, 3.63) is 18.0 Å². The van der Waals surface area contributed by atoms with Crippen LogP contribution in [0.1, 0.15) is 51.1 Å². The summed E-state index contributed by atoms with van der Waals surface area (Å²) in [6.45, 7) is 6.65. The van der Waals surface area contributed by atoms with Gasteiger partial charge in [-0.2, -0.15) is 5.10 Å². The summed E-state index contributed by atoms with van der Waals surface area (Å²) in [4.78, 5) is 14.5. The second-order valence-electron chi connectivity index (χ2n) is 6.63. The highest BCUT2D eigenvalue weighted by molar-refractivity contribution is 5.76. The van der Waals surface area contributed by atoms with Crippen molar-refractivity contribution in [2.24, 2.45) is 17.6 Å². The van der Waals surface area contributed by atoms with E-state index in [1.807, 2.05) is 11.0 Å². The number of carbonyl (C=O) groups is 1. The Labute approximate surface area is 127 Å². The minimum atomic E-state index is 0.260. The number of hydrogen-bond donors (Lipinski definition) is 2. The van der Waals surface area contributed by atoms with Crippen LogP contribution in [-0.2, 0) is 4.79 Å². The highest BCUT2D eigenvalue weighted by Crippen LogP contribution is 2.26. The van der Waals surface area contributed by atoms with Crippen LogP contribution in [0.15, 0.2) is 12.3 Å². The maximum atomic E-state index is 12.5. The first kappa shape index (κ1) is 16.0.